The molecule has 1 aromatic heterocycles. The lowest BCUT2D eigenvalue weighted by Crippen LogP contribution is -2.48. The van der Waals surface area contributed by atoms with Crippen molar-refractivity contribution >= 4 is 16.5 Å². The van der Waals surface area contributed by atoms with Gasteiger partial charge in [-0.3, -0.25) is 4.90 Å². The lowest BCUT2D eigenvalue weighted by Gasteiger charge is -2.35. The van der Waals surface area contributed by atoms with Crippen LogP contribution in [0.3, 0.4) is 0 Å². The third-order valence-electron chi connectivity index (χ3n) is 4.31. The van der Waals surface area contributed by atoms with E-state index >= 15 is 0 Å². The number of hydrogen-bond acceptors (Lipinski definition) is 6. The van der Waals surface area contributed by atoms with Crippen molar-refractivity contribution in [3.63, 3.8) is 0 Å². The van der Waals surface area contributed by atoms with Gasteiger partial charge in [-0.2, -0.15) is 0 Å². The maximum atomic E-state index is 13.0. The summed E-state index contributed by atoms with van der Waals surface area (Å²) in [4.78, 5) is 4.55. The van der Waals surface area contributed by atoms with Crippen LogP contribution in [0.25, 0.3) is 0 Å². The molecule has 2 heterocycles. The van der Waals surface area contributed by atoms with E-state index < -0.39 is 0 Å². The molecule has 0 bridgehead atoms. The molecule has 2 aromatic rings. The third kappa shape index (κ3) is 4.49. The minimum Gasteiger partial charge on any atom is -0.392 e. The van der Waals surface area contributed by atoms with Gasteiger partial charge < -0.3 is 10.0 Å². The second kappa shape index (κ2) is 8.00. The third-order valence-corrected chi connectivity index (χ3v) is 5.29. The van der Waals surface area contributed by atoms with E-state index in [-0.39, 0.29) is 11.9 Å². The molecule has 1 saturated heterocycles. The number of rotatable bonds is 6. The van der Waals surface area contributed by atoms with E-state index in [0.717, 1.165) is 54.8 Å². The van der Waals surface area contributed by atoms with Crippen molar-refractivity contribution in [1.29, 1.82) is 0 Å². The molecule has 1 aliphatic heterocycles. The van der Waals surface area contributed by atoms with E-state index in [1.165, 1.54) is 12.1 Å². The number of hydrogen-bond donors (Lipinski definition) is 1. The standard InChI is InChI=1S/C17H23FN4OS/c1-2-15(23)12-21-7-9-22(10-8-21)17-20-19-16(24-17)11-13-3-5-14(18)6-4-13/h3-6,15,23H,2,7-12H2,1H3. The molecule has 0 radical (unpaired) electrons. The first-order valence-electron chi connectivity index (χ1n) is 8.36. The van der Waals surface area contributed by atoms with Gasteiger partial charge in [0.05, 0.1) is 6.10 Å². The molecule has 1 N–H and O–H groups in total. The van der Waals surface area contributed by atoms with Crippen LogP contribution >= 0.6 is 11.3 Å². The van der Waals surface area contributed by atoms with E-state index in [2.05, 4.69) is 20.0 Å². The molecule has 1 atom stereocenters. The van der Waals surface area contributed by atoms with Gasteiger partial charge in [-0.05, 0) is 24.1 Å². The molecule has 7 heteroatoms. The van der Waals surface area contributed by atoms with Crippen LogP contribution in [0, 0.1) is 5.82 Å². The van der Waals surface area contributed by atoms with Crippen LogP contribution in [0.5, 0.6) is 0 Å². The molecule has 0 spiro atoms. The normalized spacial score (nSPS) is 17.2. The molecule has 0 amide bonds. The van der Waals surface area contributed by atoms with E-state index in [1.54, 1.807) is 23.5 Å². The van der Waals surface area contributed by atoms with Crippen molar-refractivity contribution in [3.8, 4) is 0 Å². The summed E-state index contributed by atoms with van der Waals surface area (Å²) in [5.74, 6) is -0.220. The summed E-state index contributed by atoms with van der Waals surface area (Å²) < 4.78 is 13.0. The van der Waals surface area contributed by atoms with Gasteiger partial charge >= 0.3 is 0 Å². The Labute approximate surface area is 145 Å². The van der Waals surface area contributed by atoms with Crippen molar-refractivity contribution in [1.82, 2.24) is 15.1 Å². The SMILES string of the molecule is CCC(O)CN1CCN(c2nnc(Cc3ccc(F)cc3)s2)CC1. The highest BCUT2D eigenvalue weighted by Crippen LogP contribution is 2.23. The van der Waals surface area contributed by atoms with Crippen molar-refractivity contribution in [2.45, 2.75) is 25.9 Å². The Hall–Kier alpha value is -1.57. The van der Waals surface area contributed by atoms with Gasteiger partial charge in [-0.15, -0.1) is 10.2 Å². The smallest absolute Gasteiger partial charge is 0.208 e. The number of aliphatic hydroxyl groups is 1. The van der Waals surface area contributed by atoms with Crippen molar-refractivity contribution < 1.29 is 9.50 Å². The number of β-amino-alcohol motifs (C(OH)–C–C–N with tert-alkyl or cyclic N) is 1. The van der Waals surface area contributed by atoms with Crippen LogP contribution in [0.15, 0.2) is 24.3 Å². The maximum absolute atomic E-state index is 13.0. The molecule has 1 aromatic carbocycles. The molecular formula is C17H23FN4OS. The average molecular weight is 350 g/mol. The Morgan fingerprint density at radius 3 is 2.54 bits per heavy atom. The highest BCUT2D eigenvalue weighted by molar-refractivity contribution is 7.15. The highest BCUT2D eigenvalue weighted by atomic mass is 32.1. The van der Waals surface area contributed by atoms with Crippen LogP contribution < -0.4 is 4.90 Å². The summed E-state index contributed by atoms with van der Waals surface area (Å²) >= 11 is 1.60. The molecule has 5 nitrogen and oxygen atoms in total. The van der Waals surface area contributed by atoms with E-state index in [9.17, 15) is 9.50 Å². The fourth-order valence-corrected chi connectivity index (χ4v) is 3.69. The first-order chi connectivity index (χ1) is 11.6. The monoisotopic (exact) mass is 350 g/mol. The fraction of sp³-hybridized carbons (Fsp3) is 0.529. The predicted molar refractivity (Wildman–Crippen MR) is 94.1 cm³/mol. The zero-order valence-corrected chi connectivity index (χ0v) is 14.7. The van der Waals surface area contributed by atoms with Gasteiger partial charge in [-0.25, -0.2) is 4.39 Å². The maximum Gasteiger partial charge on any atom is 0.208 e. The van der Waals surface area contributed by atoms with E-state index in [1.807, 2.05) is 6.92 Å². The molecule has 130 valence electrons. The number of anilines is 1. The first-order valence-corrected chi connectivity index (χ1v) is 9.18. The van der Waals surface area contributed by atoms with Gasteiger partial charge in [0.25, 0.3) is 0 Å². The Kier molecular flexibility index (Phi) is 5.76. The number of nitrogens with zero attached hydrogens (tertiary/aromatic N) is 4. The molecule has 24 heavy (non-hydrogen) atoms. The number of aromatic nitrogens is 2. The Balaban J connectivity index is 1.53. The van der Waals surface area contributed by atoms with Crippen LogP contribution in [-0.2, 0) is 6.42 Å². The average Bonchev–Trinajstić information content (AvgIpc) is 3.06. The number of aliphatic hydroxyl groups excluding tert-OH is 1. The summed E-state index contributed by atoms with van der Waals surface area (Å²) in [7, 11) is 0. The number of benzene rings is 1. The van der Waals surface area contributed by atoms with E-state index in [0.29, 0.717) is 6.42 Å². The summed E-state index contributed by atoms with van der Waals surface area (Å²) in [5, 5.41) is 20.2. The van der Waals surface area contributed by atoms with Gasteiger partial charge in [0.2, 0.25) is 5.13 Å². The zero-order chi connectivity index (χ0) is 16.9. The Morgan fingerprint density at radius 1 is 1.17 bits per heavy atom. The molecule has 1 aliphatic rings. The first kappa shape index (κ1) is 17.3. The lowest BCUT2D eigenvalue weighted by atomic mass is 10.2. The molecular weight excluding hydrogens is 327 g/mol. The van der Waals surface area contributed by atoms with Gasteiger partial charge in [0.1, 0.15) is 10.8 Å². The zero-order valence-electron chi connectivity index (χ0n) is 13.9. The molecule has 3 rings (SSSR count). The van der Waals surface area contributed by atoms with Crippen molar-refractivity contribution in [3.05, 3.63) is 40.7 Å². The second-order valence-electron chi connectivity index (χ2n) is 6.13. The summed E-state index contributed by atoms with van der Waals surface area (Å²) in [5.41, 5.74) is 1.04. The largest absolute Gasteiger partial charge is 0.392 e. The van der Waals surface area contributed by atoms with Crippen molar-refractivity contribution in [2.75, 3.05) is 37.6 Å². The summed E-state index contributed by atoms with van der Waals surface area (Å²) in [6.45, 7) is 6.43. The number of halogens is 1. The quantitative estimate of drug-likeness (QED) is 0.865. The number of piperazine rings is 1. The fourth-order valence-electron chi connectivity index (χ4n) is 2.77. The van der Waals surface area contributed by atoms with Crippen LogP contribution in [0.4, 0.5) is 9.52 Å². The van der Waals surface area contributed by atoms with E-state index in [4.69, 9.17) is 0 Å². The molecule has 0 aliphatic carbocycles. The Bertz CT molecular complexity index is 640. The topological polar surface area (TPSA) is 52.5 Å². The highest BCUT2D eigenvalue weighted by Gasteiger charge is 2.21. The summed E-state index contributed by atoms with van der Waals surface area (Å²) in [6.07, 6.45) is 1.24. The van der Waals surface area contributed by atoms with Crippen LogP contribution in [0.1, 0.15) is 23.9 Å². The van der Waals surface area contributed by atoms with Gasteiger partial charge in [0.15, 0.2) is 0 Å². The lowest BCUT2D eigenvalue weighted by molar-refractivity contribution is 0.106. The van der Waals surface area contributed by atoms with Crippen LogP contribution in [-0.4, -0.2) is 59.0 Å². The van der Waals surface area contributed by atoms with Gasteiger partial charge in [0, 0.05) is 39.1 Å². The second-order valence-corrected chi connectivity index (χ2v) is 7.17. The minimum absolute atomic E-state index is 0.220. The molecule has 1 fully saturated rings. The Morgan fingerprint density at radius 2 is 1.88 bits per heavy atom. The van der Waals surface area contributed by atoms with Crippen LogP contribution in [0.2, 0.25) is 0 Å². The van der Waals surface area contributed by atoms with Crippen molar-refractivity contribution in [2.24, 2.45) is 0 Å². The summed E-state index contributed by atoms with van der Waals surface area (Å²) in [6, 6.07) is 6.52. The minimum atomic E-state index is -0.236. The molecule has 1 unspecified atom stereocenters. The molecule has 0 saturated carbocycles. The van der Waals surface area contributed by atoms with Gasteiger partial charge in [-0.1, -0.05) is 30.4 Å². The predicted octanol–water partition coefficient (Wildman–Crippen LogP) is 2.16.